The Bertz CT molecular complexity index is 252. The van der Waals surface area contributed by atoms with Crippen LogP contribution in [-0.2, 0) is 9.53 Å². The van der Waals surface area contributed by atoms with Crippen LogP contribution in [0, 0.1) is 0 Å². The highest BCUT2D eigenvalue weighted by molar-refractivity contribution is 5.75. The van der Waals surface area contributed by atoms with Gasteiger partial charge in [0, 0.05) is 0 Å². The normalized spacial score (nSPS) is 12.6. The molecule has 7 nitrogen and oxygen atoms in total. The van der Waals surface area contributed by atoms with Gasteiger partial charge in [-0.3, -0.25) is 9.69 Å². The van der Waals surface area contributed by atoms with Crippen LogP contribution in [0.4, 0.5) is 0 Å². The summed E-state index contributed by atoms with van der Waals surface area (Å²) in [5.74, 6) is -0.192. The van der Waals surface area contributed by atoms with Crippen LogP contribution >= 0.6 is 0 Å². The van der Waals surface area contributed by atoms with E-state index in [0.29, 0.717) is 19.8 Å². The molecule has 0 aliphatic heterocycles. The number of nitrogens with two attached hydrogens (primary N) is 2. The van der Waals surface area contributed by atoms with E-state index in [9.17, 15) is 4.79 Å². The number of nitrogens with one attached hydrogen (secondary N) is 2. The summed E-state index contributed by atoms with van der Waals surface area (Å²) >= 11 is 0. The molecule has 0 amide bonds. The van der Waals surface area contributed by atoms with Crippen LogP contribution < -0.4 is 22.1 Å². The summed E-state index contributed by atoms with van der Waals surface area (Å²) in [7, 11) is 3.73. The molecule has 0 aromatic carbocycles. The van der Waals surface area contributed by atoms with Gasteiger partial charge in [-0.2, -0.15) is 0 Å². The Labute approximate surface area is 128 Å². The molecular formula is C14H33N5O2. The molecule has 7 heteroatoms. The van der Waals surface area contributed by atoms with Crippen molar-refractivity contribution in [1.82, 2.24) is 15.5 Å². The third-order valence-electron chi connectivity index (χ3n) is 2.93. The molecule has 0 aromatic heterocycles. The molecule has 6 N–H and O–H groups in total. The third-order valence-corrected chi connectivity index (χ3v) is 2.93. The third kappa shape index (κ3) is 12.7. The van der Waals surface area contributed by atoms with Crippen molar-refractivity contribution in [2.45, 2.75) is 31.7 Å². The van der Waals surface area contributed by atoms with E-state index in [2.05, 4.69) is 10.6 Å². The van der Waals surface area contributed by atoms with E-state index in [0.717, 1.165) is 45.3 Å². The zero-order valence-electron chi connectivity index (χ0n) is 13.6. The van der Waals surface area contributed by atoms with Gasteiger partial charge in [-0.1, -0.05) is 0 Å². The maximum atomic E-state index is 12.0. The van der Waals surface area contributed by atoms with E-state index < -0.39 is 0 Å². The molecule has 0 aromatic rings. The van der Waals surface area contributed by atoms with Crippen molar-refractivity contribution in [3.8, 4) is 0 Å². The molecule has 0 radical (unpaired) electrons. The lowest BCUT2D eigenvalue weighted by Crippen LogP contribution is -2.40. The molecule has 0 aliphatic carbocycles. The lowest BCUT2D eigenvalue weighted by Gasteiger charge is -2.19. The Balaban J connectivity index is 3.97. The lowest BCUT2D eigenvalue weighted by molar-refractivity contribution is -0.150. The van der Waals surface area contributed by atoms with Gasteiger partial charge in [0.1, 0.15) is 12.8 Å². The maximum absolute atomic E-state index is 12.0. The summed E-state index contributed by atoms with van der Waals surface area (Å²) in [6.45, 7) is 4.17. The first-order valence-electron chi connectivity index (χ1n) is 7.77. The number of hydrogen-bond donors (Lipinski definition) is 4. The number of nitrogens with zero attached hydrogens (tertiary/aromatic N) is 1. The summed E-state index contributed by atoms with van der Waals surface area (Å²) in [5.41, 5.74) is 10.9. The SMILES string of the molecule is CN(C)COC(=O)C(CCCNCCCN)NCCCN. The topological polar surface area (TPSA) is 106 Å². The van der Waals surface area contributed by atoms with Gasteiger partial charge >= 0.3 is 5.97 Å². The first-order chi connectivity index (χ1) is 10.1. The number of carbonyl (C=O) groups excluding carboxylic acids is 1. The highest BCUT2D eigenvalue weighted by Crippen LogP contribution is 2.00. The maximum Gasteiger partial charge on any atom is 0.324 e. The first kappa shape index (κ1) is 20.3. The van der Waals surface area contributed by atoms with E-state index in [1.54, 1.807) is 0 Å². The fourth-order valence-corrected chi connectivity index (χ4v) is 1.76. The molecule has 0 rings (SSSR count). The first-order valence-corrected chi connectivity index (χ1v) is 7.77. The Morgan fingerprint density at radius 2 is 1.71 bits per heavy atom. The van der Waals surface area contributed by atoms with Gasteiger partial charge in [0.2, 0.25) is 0 Å². The second-order valence-corrected chi connectivity index (χ2v) is 5.36. The van der Waals surface area contributed by atoms with Crippen LogP contribution in [0.5, 0.6) is 0 Å². The predicted molar refractivity (Wildman–Crippen MR) is 85.9 cm³/mol. The van der Waals surface area contributed by atoms with Gasteiger partial charge in [-0.15, -0.1) is 0 Å². The molecule has 21 heavy (non-hydrogen) atoms. The molecule has 0 saturated heterocycles. The van der Waals surface area contributed by atoms with Crippen molar-refractivity contribution >= 4 is 5.97 Å². The average Bonchev–Trinajstić information content (AvgIpc) is 2.46. The van der Waals surface area contributed by atoms with Crippen LogP contribution in [0.25, 0.3) is 0 Å². The summed E-state index contributed by atoms with van der Waals surface area (Å²) in [6, 6.07) is -0.257. The quantitative estimate of drug-likeness (QED) is 0.187. The number of esters is 1. The molecule has 0 aliphatic rings. The minimum atomic E-state index is -0.257. The van der Waals surface area contributed by atoms with E-state index in [4.69, 9.17) is 16.2 Å². The molecule has 1 atom stereocenters. The standard InChI is InChI=1S/C14H33N5O2/c1-19(2)12-21-14(20)13(18-11-5-8-16)6-3-9-17-10-4-7-15/h13,17-18H,3-12,15-16H2,1-2H3. The van der Waals surface area contributed by atoms with E-state index in [1.807, 2.05) is 19.0 Å². The zero-order chi connectivity index (χ0) is 15.9. The highest BCUT2D eigenvalue weighted by atomic mass is 16.5. The van der Waals surface area contributed by atoms with Gasteiger partial charge in [-0.25, -0.2) is 0 Å². The molecule has 0 saturated carbocycles. The molecular weight excluding hydrogens is 270 g/mol. The van der Waals surface area contributed by atoms with Crippen LogP contribution in [0.15, 0.2) is 0 Å². The molecule has 0 spiro atoms. The Kier molecular flexibility index (Phi) is 13.7. The van der Waals surface area contributed by atoms with Gasteiger partial charge < -0.3 is 26.8 Å². The summed E-state index contributed by atoms with van der Waals surface area (Å²) in [5, 5.41) is 6.54. The van der Waals surface area contributed by atoms with Crippen molar-refractivity contribution in [3.63, 3.8) is 0 Å². The Morgan fingerprint density at radius 1 is 1.10 bits per heavy atom. The predicted octanol–water partition coefficient (Wildman–Crippen LogP) is -0.926. The molecule has 0 fully saturated rings. The van der Waals surface area contributed by atoms with E-state index >= 15 is 0 Å². The average molecular weight is 303 g/mol. The zero-order valence-corrected chi connectivity index (χ0v) is 13.6. The largest absolute Gasteiger partial charge is 0.448 e. The number of rotatable bonds is 14. The van der Waals surface area contributed by atoms with E-state index in [1.165, 1.54) is 0 Å². The highest BCUT2D eigenvalue weighted by Gasteiger charge is 2.18. The summed E-state index contributed by atoms with van der Waals surface area (Å²) in [6.07, 6.45) is 3.50. The smallest absolute Gasteiger partial charge is 0.324 e. The van der Waals surface area contributed by atoms with Crippen molar-refractivity contribution in [2.24, 2.45) is 11.5 Å². The van der Waals surface area contributed by atoms with Gasteiger partial charge in [0.15, 0.2) is 0 Å². The second-order valence-electron chi connectivity index (χ2n) is 5.36. The van der Waals surface area contributed by atoms with Crippen molar-refractivity contribution in [3.05, 3.63) is 0 Å². The summed E-state index contributed by atoms with van der Waals surface area (Å²) < 4.78 is 5.25. The monoisotopic (exact) mass is 303 g/mol. The van der Waals surface area contributed by atoms with Crippen molar-refractivity contribution < 1.29 is 9.53 Å². The van der Waals surface area contributed by atoms with Crippen LogP contribution in [0.1, 0.15) is 25.7 Å². The molecule has 0 heterocycles. The van der Waals surface area contributed by atoms with Crippen LogP contribution in [0.2, 0.25) is 0 Å². The van der Waals surface area contributed by atoms with Crippen molar-refractivity contribution in [1.29, 1.82) is 0 Å². The minimum Gasteiger partial charge on any atom is -0.448 e. The second kappa shape index (κ2) is 14.2. The lowest BCUT2D eigenvalue weighted by atomic mass is 10.1. The Morgan fingerprint density at radius 3 is 2.33 bits per heavy atom. The van der Waals surface area contributed by atoms with Crippen molar-refractivity contribution in [2.75, 3.05) is 53.5 Å². The van der Waals surface area contributed by atoms with Crippen LogP contribution in [0.3, 0.4) is 0 Å². The fraction of sp³-hybridized carbons (Fsp3) is 0.929. The van der Waals surface area contributed by atoms with Gasteiger partial charge in [0.25, 0.3) is 0 Å². The van der Waals surface area contributed by atoms with Gasteiger partial charge in [-0.05, 0) is 72.5 Å². The molecule has 126 valence electrons. The molecule has 1 unspecified atom stereocenters. The van der Waals surface area contributed by atoms with Crippen LogP contribution in [-0.4, -0.2) is 70.5 Å². The van der Waals surface area contributed by atoms with E-state index in [-0.39, 0.29) is 12.0 Å². The number of carbonyl (C=O) groups is 1. The molecule has 0 bridgehead atoms. The summed E-state index contributed by atoms with van der Waals surface area (Å²) in [4.78, 5) is 13.9. The number of ether oxygens (including phenoxy) is 1. The number of hydrogen-bond acceptors (Lipinski definition) is 7. The minimum absolute atomic E-state index is 0.192. The van der Waals surface area contributed by atoms with Gasteiger partial charge in [0.05, 0.1) is 0 Å². The fourth-order valence-electron chi connectivity index (χ4n) is 1.76. The Hall–Kier alpha value is -0.730.